The van der Waals surface area contributed by atoms with Gasteiger partial charge in [-0.1, -0.05) is 0 Å². The average Bonchev–Trinajstić information content (AvgIpc) is 2.20. The van der Waals surface area contributed by atoms with Crippen molar-refractivity contribution in [3.63, 3.8) is 0 Å². The van der Waals surface area contributed by atoms with Crippen molar-refractivity contribution < 1.29 is 8.42 Å². The highest BCUT2D eigenvalue weighted by atomic mass is 32.2. The van der Waals surface area contributed by atoms with Crippen LogP contribution < -0.4 is 4.83 Å². The maximum atomic E-state index is 11.5. The van der Waals surface area contributed by atoms with Gasteiger partial charge in [-0.05, 0) is 14.0 Å². The zero-order chi connectivity index (χ0) is 11.5. The van der Waals surface area contributed by atoms with E-state index in [2.05, 4.69) is 9.73 Å². The molecule has 1 saturated heterocycles. The molecule has 0 aromatic heterocycles. The lowest BCUT2D eigenvalue weighted by Crippen LogP contribution is -2.53. The Morgan fingerprint density at radius 1 is 1.33 bits per heavy atom. The molecule has 0 spiro atoms. The molecule has 0 radical (unpaired) electrons. The first kappa shape index (κ1) is 12.4. The van der Waals surface area contributed by atoms with E-state index in [0.29, 0.717) is 13.1 Å². The van der Waals surface area contributed by atoms with E-state index in [0.717, 1.165) is 13.1 Å². The Balaban J connectivity index is 2.52. The first-order valence-corrected chi connectivity index (χ1v) is 6.34. The Bertz CT molecular complexity index is 340. The fraction of sp³-hybridized carbons (Fsp3) is 0.875. The minimum absolute atomic E-state index is 0.647. The molecule has 0 bridgehead atoms. The van der Waals surface area contributed by atoms with Crippen LogP contribution in [0.3, 0.4) is 0 Å². The van der Waals surface area contributed by atoms with Gasteiger partial charge in [0, 0.05) is 26.2 Å². The van der Waals surface area contributed by atoms with Crippen molar-refractivity contribution >= 4 is 10.0 Å². The van der Waals surface area contributed by atoms with E-state index in [1.165, 1.54) is 6.92 Å². The van der Waals surface area contributed by atoms with Crippen LogP contribution in [0, 0.1) is 11.3 Å². The molecule has 7 heteroatoms. The third kappa shape index (κ3) is 3.43. The average molecular weight is 232 g/mol. The molecule has 0 saturated carbocycles. The first-order chi connectivity index (χ1) is 6.95. The second-order valence-corrected chi connectivity index (χ2v) is 5.68. The molecular formula is C8H16N4O2S. The van der Waals surface area contributed by atoms with E-state index >= 15 is 0 Å². The number of hydrogen-bond acceptors (Lipinski definition) is 5. The highest BCUT2D eigenvalue weighted by Crippen LogP contribution is 2.01. The fourth-order valence-electron chi connectivity index (χ4n) is 1.23. The summed E-state index contributed by atoms with van der Waals surface area (Å²) in [5.74, 6) is 0. The highest BCUT2D eigenvalue weighted by Gasteiger charge is 2.24. The van der Waals surface area contributed by atoms with Crippen LogP contribution in [-0.2, 0) is 10.0 Å². The van der Waals surface area contributed by atoms with Gasteiger partial charge in [-0.15, -0.1) is 4.83 Å². The molecule has 1 fully saturated rings. The summed E-state index contributed by atoms with van der Waals surface area (Å²) in [4.78, 5) is 4.55. The molecule has 6 nitrogen and oxygen atoms in total. The second kappa shape index (κ2) is 4.90. The maximum absolute atomic E-state index is 11.5. The Morgan fingerprint density at radius 3 is 2.33 bits per heavy atom. The number of likely N-dealkylation sites (N-methyl/N-ethyl adjacent to an activating group) is 1. The number of nitrogens with zero attached hydrogens (tertiary/aromatic N) is 3. The molecule has 0 aliphatic carbocycles. The molecule has 1 atom stereocenters. The molecule has 0 amide bonds. The third-order valence-electron chi connectivity index (χ3n) is 2.41. The summed E-state index contributed by atoms with van der Waals surface area (Å²) in [6.45, 7) is 4.31. The summed E-state index contributed by atoms with van der Waals surface area (Å²) in [5, 5.41) is 9.17. The molecule has 1 heterocycles. The lowest BCUT2D eigenvalue weighted by molar-refractivity contribution is 0.134. The predicted molar refractivity (Wildman–Crippen MR) is 56.2 cm³/mol. The van der Waals surface area contributed by atoms with E-state index in [1.807, 2.05) is 7.05 Å². The number of nitriles is 1. The zero-order valence-corrected chi connectivity index (χ0v) is 9.79. The summed E-state index contributed by atoms with van der Waals surface area (Å²) in [5.41, 5.74) is 0. The van der Waals surface area contributed by atoms with Crippen molar-refractivity contribution in [2.75, 3.05) is 33.2 Å². The van der Waals surface area contributed by atoms with Crippen LogP contribution in [0.4, 0.5) is 0 Å². The number of nitrogens with one attached hydrogen (secondary N) is 1. The minimum Gasteiger partial charge on any atom is -0.304 e. The standard InChI is InChI=1S/C8H16N4O2S/c1-8(7-9)15(13,14)10-12-5-3-11(2)4-6-12/h8,10H,3-6H2,1-2H3. The van der Waals surface area contributed by atoms with E-state index in [9.17, 15) is 8.42 Å². The van der Waals surface area contributed by atoms with Crippen molar-refractivity contribution in [2.45, 2.75) is 12.2 Å². The first-order valence-electron chi connectivity index (χ1n) is 4.80. The third-order valence-corrected chi connectivity index (χ3v) is 3.96. The number of sulfonamides is 1. The number of rotatable bonds is 3. The molecule has 0 aromatic rings. The fourth-order valence-corrected chi connectivity index (χ4v) is 2.07. The number of hydrazine groups is 1. The molecule has 1 aliphatic rings. The monoisotopic (exact) mass is 232 g/mol. The largest absolute Gasteiger partial charge is 0.304 e. The van der Waals surface area contributed by atoms with Crippen LogP contribution >= 0.6 is 0 Å². The second-order valence-electron chi connectivity index (χ2n) is 3.70. The molecule has 1 aliphatic heterocycles. The quantitative estimate of drug-likeness (QED) is 0.674. The van der Waals surface area contributed by atoms with Crippen molar-refractivity contribution in [2.24, 2.45) is 0 Å². The maximum Gasteiger partial charge on any atom is 0.240 e. The van der Waals surface area contributed by atoms with Crippen LogP contribution in [0.15, 0.2) is 0 Å². The van der Waals surface area contributed by atoms with Gasteiger partial charge in [-0.2, -0.15) is 5.26 Å². The summed E-state index contributed by atoms with van der Waals surface area (Å²) < 4.78 is 23.0. The molecule has 1 rings (SSSR count). The van der Waals surface area contributed by atoms with E-state index in [-0.39, 0.29) is 0 Å². The van der Waals surface area contributed by atoms with Gasteiger partial charge in [0.15, 0.2) is 5.25 Å². The van der Waals surface area contributed by atoms with Gasteiger partial charge in [-0.25, -0.2) is 13.4 Å². The van der Waals surface area contributed by atoms with E-state index < -0.39 is 15.3 Å². The molecular weight excluding hydrogens is 216 g/mol. The minimum atomic E-state index is -3.53. The lowest BCUT2D eigenvalue weighted by Gasteiger charge is -2.32. The van der Waals surface area contributed by atoms with E-state index in [4.69, 9.17) is 5.26 Å². The molecule has 1 N–H and O–H groups in total. The van der Waals surface area contributed by atoms with Gasteiger partial charge in [-0.3, -0.25) is 0 Å². The molecule has 15 heavy (non-hydrogen) atoms. The summed E-state index contributed by atoms with van der Waals surface area (Å²) in [7, 11) is -1.54. The van der Waals surface area contributed by atoms with Crippen LogP contribution in [0.2, 0.25) is 0 Å². The van der Waals surface area contributed by atoms with Gasteiger partial charge >= 0.3 is 0 Å². The van der Waals surface area contributed by atoms with Crippen LogP contribution in [0.25, 0.3) is 0 Å². The van der Waals surface area contributed by atoms with Crippen molar-refractivity contribution in [3.05, 3.63) is 0 Å². The van der Waals surface area contributed by atoms with Crippen molar-refractivity contribution in [3.8, 4) is 6.07 Å². The Kier molecular flexibility index (Phi) is 4.04. The zero-order valence-electron chi connectivity index (χ0n) is 8.97. The van der Waals surface area contributed by atoms with Crippen LogP contribution in [0.5, 0.6) is 0 Å². The SMILES string of the molecule is CC(C#N)S(=O)(=O)NN1CCN(C)CC1. The molecule has 0 aromatic carbocycles. The highest BCUT2D eigenvalue weighted by molar-refractivity contribution is 7.90. The smallest absolute Gasteiger partial charge is 0.240 e. The van der Waals surface area contributed by atoms with Crippen molar-refractivity contribution in [1.82, 2.24) is 14.7 Å². The van der Waals surface area contributed by atoms with Crippen molar-refractivity contribution in [1.29, 1.82) is 5.26 Å². The van der Waals surface area contributed by atoms with Gasteiger partial charge in [0.05, 0.1) is 6.07 Å². The molecule has 1 unspecified atom stereocenters. The number of hydrogen-bond donors (Lipinski definition) is 1. The Hall–Kier alpha value is -0.680. The predicted octanol–water partition coefficient (Wildman–Crippen LogP) is -1.02. The summed E-state index contributed by atoms with van der Waals surface area (Å²) >= 11 is 0. The summed E-state index contributed by atoms with van der Waals surface area (Å²) in [6.07, 6.45) is 0. The lowest BCUT2D eigenvalue weighted by atomic mass is 10.4. The van der Waals surface area contributed by atoms with Gasteiger partial charge < -0.3 is 4.90 Å². The topological polar surface area (TPSA) is 76.4 Å². The number of piperazine rings is 1. The van der Waals surface area contributed by atoms with Gasteiger partial charge in [0.1, 0.15) is 0 Å². The van der Waals surface area contributed by atoms with Crippen LogP contribution in [-0.4, -0.2) is 56.8 Å². The molecule has 86 valence electrons. The normalized spacial score (nSPS) is 22.2. The van der Waals surface area contributed by atoms with E-state index in [1.54, 1.807) is 11.1 Å². The van der Waals surface area contributed by atoms with Crippen LogP contribution in [0.1, 0.15) is 6.92 Å². The Morgan fingerprint density at radius 2 is 1.87 bits per heavy atom. The van der Waals surface area contributed by atoms with Gasteiger partial charge in [0.25, 0.3) is 0 Å². The Labute approximate surface area is 90.5 Å². The van der Waals surface area contributed by atoms with Gasteiger partial charge in [0.2, 0.25) is 10.0 Å². The summed E-state index contributed by atoms with van der Waals surface area (Å²) in [6, 6.07) is 1.72.